The number of fused-ring (bicyclic) bond motifs is 1. The quantitative estimate of drug-likeness (QED) is 0.796. The molecule has 1 aromatic heterocycles. The normalized spacial score (nSPS) is 13.3. The van der Waals surface area contributed by atoms with Crippen LogP contribution in [0.3, 0.4) is 0 Å². The van der Waals surface area contributed by atoms with Crippen LogP contribution in [0.15, 0.2) is 29.0 Å². The lowest BCUT2D eigenvalue weighted by Gasteiger charge is -2.24. The molecule has 4 nitrogen and oxygen atoms in total. The zero-order valence-electron chi connectivity index (χ0n) is 11.3. The predicted molar refractivity (Wildman–Crippen MR) is 73.6 cm³/mol. The molecule has 98 valence electrons. The summed E-state index contributed by atoms with van der Waals surface area (Å²) in [6.45, 7) is 1.05. The van der Waals surface area contributed by atoms with E-state index in [2.05, 4.69) is 41.4 Å². The molecule has 1 aromatic carbocycles. The third-order valence-electron chi connectivity index (χ3n) is 3.27. The summed E-state index contributed by atoms with van der Waals surface area (Å²) in [4.78, 5) is 6.41. The van der Waals surface area contributed by atoms with Gasteiger partial charge in [-0.05, 0) is 58.2 Å². The number of nitrogens with zero attached hydrogens (tertiary/aromatic N) is 2. The molecule has 0 aliphatic carbocycles. The minimum absolute atomic E-state index is 0.424. The highest BCUT2D eigenvalue weighted by Crippen LogP contribution is 2.26. The zero-order chi connectivity index (χ0) is 13.0. The van der Waals surface area contributed by atoms with Gasteiger partial charge in [0.1, 0.15) is 5.52 Å². The molecule has 2 rings (SSSR count). The Morgan fingerprint density at radius 2 is 2.22 bits per heavy atom. The van der Waals surface area contributed by atoms with E-state index in [9.17, 15) is 0 Å². The average molecular weight is 247 g/mol. The van der Waals surface area contributed by atoms with Gasteiger partial charge >= 0.3 is 0 Å². The molecule has 18 heavy (non-hydrogen) atoms. The number of hydrogen-bond donors (Lipinski definition) is 1. The van der Waals surface area contributed by atoms with Gasteiger partial charge in [0.15, 0.2) is 12.0 Å². The Morgan fingerprint density at radius 1 is 1.39 bits per heavy atom. The summed E-state index contributed by atoms with van der Waals surface area (Å²) in [5.41, 5.74) is 3.08. The number of oxazole rings is 1. The summed E-state index contributed by atoms with van der Waals surface area (Å²) >= 11 is 0. The van der Waals surface area contributed by atoms with E-state index in [1.807, 2.05) is 13.1 Å². The Hall–Kier alpha value is -1.39. The van der Waals surface area contributed by atoms with Gasteiger partial charge in [0, 0.05) is 6.04 Å². The topological polar surface area (TPSA) is 41.3 Å². The molecule has 2 aromatic rings. The van der Waals surface area contributed by atoms with Gasteiger partial charge < -0.3 is 14.6 Å². The first-order chi connectivity index (χ1) is 8.72. The summed E-state index contributed by atoms with van der Waals surface area (Å²) in [5, 5.41) is 3.19. The van der Waals surface area contributed by atoms with Gasteiger partial charge in [0.2, 0.25) is 0 Å². The van der Waals surface area contributed by atoms with Crippen molar-refractivity contribution in [3.63, 3.8) is 0 Å². The average Bonchev–Trinajstić information content (AvgIpc) is 2.81. The fourth-order valence-electron chi connectivity index (χ4n) is 2.27. The van der Waals surface area contributed by atoms with E-state index in [0.29, 0.717) is 6.04 Å². The van der Waals surface area contributed by atoms with Crippen LogP contribution < -0.4 is 5.32 Å². The van der Waals surface area contributed by atoms with Crippen LogP contribution in [-0.4, -0.2) is 37.6 Å². The summed E-state index contributed by atoms with van der Waals surface area (Å²) < 4.78 is 5.37. The third-order valence-corrected chi connectivity index (χ3v) is 3.27. The molecule has 0 radical (unpaired) electrons. The van der Waals surface area contributed by atoms with Crippen LogP contribution in [0.25, 0.3) is 11.1 Å². The maximum absolute atomic E-state index is 5.37. The van der Waals surface area contributed by atoms with Gasteiger partial charge in [0.05, 0.1) is 0 Å². The maximum Gasteiger partial charge on any atom is 0.181 e. The van der Waals surface area contributed by atoms with Crippen molar-refractivity contribution in [1.29, 1.82) is 0 Å². The van der Waals surface area contributed by atoms with Crippen molar-refractivity contribution in [2.45, 2.75) is 18.9 Å². The monoisotopic (exact) mass is 247 g/mol. The number of rotatable bonds is 6. The van der Waals surface area contributed by atoms with E-state index in [-0.39, 0.29) is 0 Å². The summed E-state index contributed by atoms with van der Waals surface area (Å²) in [6, 6.07) is 6.71. The third kappa shape index (κ3) is 2.89. The Labute approximate surface area is 108 Å². The first-order valence-electron chi connectivity index (χ1n) is 6.36. The molecule has 0 amide bonds. The van der Waals surface area contributed by atoms with E-state index in [4.69, 9.17) is 4.42 Å². The van der Waals surface area contributed by atoms with E-state index >= 15 is 0 Å². The van der Waals surface area contributed by atoms with Crippen molar-refractivity contribution < 1.29 is 4.42 Å². The lowest BCUT2D eigenvalue weighted by atomic mass is 10.0. The molecule has 1 N–H and O–H groups in total. The van der Waals surface area contributed by atoms with Crippen LogP contribution in [0.1, 0.15) is 24.4 Å². The summed E-state index contributed by atoms with van der Waals surface area (Å²) in [7, 11) is 6.23. The molecule has 1 heterocycles. The number of aromatic nitrogens is 1. The molecule has 0 saturated heterocycles. The first-order valence-corrected chi connectivity index (χ1v) is 6.36. The standard InChI is InChI=1S/C14H21N3O/c1-15-8-4-5-13(17(2)3)11-6-7-12-14(9-11)18-10-16-12/h6-7,9-10,13,15H,4-5,8H2,1-3H3. The molecule has 0 saturated carbocycles. The van der Waals surface area contributed by atoms with E-state index < -0.39 is 0 Å². The van der Waals surface area contributed by atoms with Crippen LogP contribution in [0.2, 0.25) is 0 Å². The highest BCUT2D eigenvalue weighted by molar-refractivity contribution is 5.72. The van der Waals surface area contributed by atoms with Crippen molar-refractivity contribution in [3.8, 4) is 0 Å². The molecule has 0 aliphatic rings. The van der Waals surface area contributed by atoms with Gasteiger partial charge in [-0.3, -0.25) is 0 Å². The summed E-state index contributed by atoms with van der Waals surface area (Å²) in [6.07, 6.45) is 3.79. The highest BCUT2D eigenvalue weighted by atomic mass is 16.3. The van der Waals surface area contributed by atoms with Crippen LogP contribution in [0, 0.1) is 0 Å². The van der Waals surface area contributed by atoms with E-state index in [1.165, 1.54) is 12.0 Å². The predicted octanol–water partition coefficient (Wildman–Crippen LogP) is 2.43. The SMILES string of the molecule is CNCCCC(c1ccc2ncoc2c1)N(C)C. The number of nitrogens with one attached hydrogen (secondary N) is 1. The Morgan fingerprint density at radius 3 is 2.94 bits per heavy atom. The Bertz CT molecular complexity index is 492. The lowest BCUT2D eigenvalue weighted by molar-refractivity contribution is 0.279. The van der Waals surface area contributed by atoms with Gasteiger partial charge in [-0.15, -0.1) is 0 Å². The molecular weight excluding hydrogens is 226 g/mol. The Balaban J connectivity index is 2.18. The van der Waals surface area contributed by atoms with E-state index in [0.717, 1.165) is 30.5 Å². The second-order valence-corrected chi connectivity index (χ2v) is 4.80. The minimum atomic E-state index is 0.424. The van der Waals surface area contributed by atoms with E-state index in [1.54, 1.807) is 0 Å². The van der Waals surface area contributed by atoms with Crippen LogP contribution in [-0.2, 0) is 0 Å². The van der Waals surface area contributed by atoms with Crippen molar-refractivity contribution in [2.75, 3.05) is 27.7 Å². The van der Waals surface area contributed by atoms with Crippen molar-refractivity contribution in [2.24, 2.45) is 0 Å². The Kier molecular flexibility index (Phi) is 4.33. The smallest absolute Gasteiger partial charge is 0.181 e. The minimum Gasteiger partial charge on any atom is -0.443 e. The molecule has 1 unspecified atom stereocenters. The van der Waals surface area contributed by atoms with Crippen molar-refractivity contribution >= 4 is 11.1 Å². The molecule has 4 heteroatoms. The molecular formula is C14H21N3O. The van der Waals surface area contributed by atoms with Crippen LogP contribution in [0.4, 0.5) is 0 Å². The second-order valence-electron chi connectivity index (χ2n) is 4.80. The molecule has 0 spiro atoms. The molecule has 0 bridgehead atoms. The fourth-order valence-corrected chi connectivity index (χ4v) is 2.27. The van der Waals surface area contributed by atoms with Crippen LogP contribution >= 0.6 is 0 Å². The number of benzene rings is 1. The van der Waals surface area contributed by atoms with Gasteiger partial charge in [0.25, 0.3) is 0 Å². The van der Waals surface area contributed by atoms with Crippen molar-refractivity contribution in [3.05, 3.63) is 30.2 Å². The molecule has 1 atom stereocenters. The number of hydrogen-bond acceptors (Lipinski definition) is 4. The van der Waals surface area contributed by atoms with Crippen molar-refractivity contribution in [1.82, 2.24) is 15.2 Å². The highest BCUT2D eigenvalue weighted by Gasteiger charge is 2.14. The fraction of sp³-hybridized carbons (Fsp3) is 0.500. The summed E-state index contributed by atoms with van der Waals surface area (Å²) in [5.74, 6) is 0. The second kappa shape index (κ2) is 5.98. The van der Waals surface area contributed by atoms with Gasteiger partial charge in [-0.2, -0.15) is 0 Å². The lowest BCUT2D eigenvalue weighted by Crippen LogP contribution is -2.21. The largest absolute Gasteiger partial charge is 0.443 e. The van der Waals surface area contributed by atoms with Gasteiger partial charge in [-0.25, -0.2) is 4.98 Å². The first kappa shape index (κ1) is 13.1. The van der Waals surface area contributed by atoms with Crippen LogP contribution in [0.5, 0.6) is 0 Å². The maximum atomic E-state index is 5.37. The van der Waals surface area contributed by atoms with Gasteiger partial charge in [-0.1, -0.05) is 6.07 Å². The zero-order valence-corrected chi connectivity index (χ0v) is 11.3. The molecule has 0 fully saturated rings. The molecule has 0 aliphatic heterocycles.